The van der Waals surface area contributed by atoms with E-state index in [2.05, 4.69) is 4.74 Å². The molecule has 0 aliphatic heterocycles. The van der Waals surface area contributed by atoms with Crippen molar-refractivity contribution in [2.24, 2.45) is 0 Å². The van der Waals surface area contributed by atoms with Gasteiger partial charge in [-0.05, 0) is 0 Å². The molecule has 2 N–H and O–H groups in total. The second-order valence-corrected chi connectivity index (χ2v) is 3.60. The number of carbonyl (C=O) groups is 2. The van der Waals surface area contributed by atoms with Crippen LogP contribution in [-0.2, 0) is 19.1 Å². The first-order valence-electron chi connectivity index (χ1n) is 5.83. The van der Waals surface area contributed by atoms with E-state index in [0.29, 0.717) is 19.6 Å². The van der Waals surface area contributed by atoms with E-state index in [-0.39, 0.29) is 32.8 Å². The zero-order valence-electron chi connectivity index (χ0n) is 10.6. The Bertz CT molecular complexity index is 240. The summed E-state index contributed by atoms with van der Waals surface area (Å²) >= 11 is 0. The minimum Gasteiger partial charge on any atom is -0.462 e. The Morgan fingerprint density at radius 2 is 1.56 bits per heavy atom. The number of hydrogen-bond donors (Lipinski definition) is 2. The van der Waals surface area contributed by atoms with Gasteiger partial charge < -0.3 is 19.7 Å². The highest BCUT2D eigenvalue weighted by molar-refractivity contribution is 5.69. The molecule has 0 fully saturated rings. The lowest BCUT2D eigenvalue weighted by Gasteiger charge is -2.19. The summed E-state index contributed by atoms with van der Waals surface area (Å²) in [6, 6.07) is 0. The van der Waals surface area contributed by atoms with E-state index in [1.165, 1.54) is 6.92 Å². The van der Waals surface area contributed by atoms with Gasteiger partial charge >= 0.3 is 11.9 Å². The summed E-state index contributed by atoms with van der Waals surface area (Å²) in [5, 5.41) is 17.5. The summed E-state index contributed by atoms with van der Waals surface area (Å²) < 4.78 is 9.43. The van der Waals surface area contributed by atoms with E-state index in [1.807, 2.05) is 0 Å². The Labute approximate surface area is 106 Å². The molecule has 0 spiro atoms. The summed E-state index contributed by atoms with van der Waals surface area (Å²) in [6.07, 6.45) is 0.167. The Hall–Kier alpha value is -1.18. The molecule has 0 radical (unpaired) electrons. The van der Waals surface area contributed by atoms with E-state index >= 15 is 0 Å². The van der Waals surface area contributed by atoms with Crippen LogP contribution >= 0.6 is 0 Å². The third-order valence-corrected chi connectivity index (χ3v) is 2.12. The fourth-order valence-electron chi connectivity index (χ4n) is 1.28. The molecule has 0 atom stereocenters. The molecule has 7 heteroatoms. The van der Waals surface area contributed by atoms with Crippen LogP contribution in [0.25, 0.3) is 0 Å². The number of aliphatic hydroxyl groups excluding tert-OH is 2. The normalized spacial score (nSPS) is 10.4. The van der Waals surface area contributed by atoms with Crippen molar-refractivity contribution in [3.05, 3.63) is 0 Å². The maximum atomic E-state index is 11.3. The fourth-order valence-corrected chi connectivity index (χ4v) is 1.28. The van der Waals surface area contributed by atoms with Gasteiger partial charge in [0.25, 0.3) is 0 Å². The predicted molar refractivity (Wildman–Crippen MR) is 62.8 cm³/mol. The number of esters is 2. The Morgan fingerprint density at radius 1 is 1.00 bits per heavy atom. The topological polar surface area (TPSA) is 96.3 Å². The quantitative estimate of drug-likeness (QED) is 0.376. The Balaban J connectivity index is 3.63. The van der Waals surface area contributed by atoms with Crippen molar-refractivity contribution in [2.75, 3.05) is 46.1 Å². The SMILES string of the molecule is CC(=O)OCCOC(=O)CCN(CCO)CCO. The molecule has 7 nitrogen and oxygen atoms in total. The van der Waals surface area contributed by atoms with Crippen LogP contribution in [0.4, 0.5) is 0 Å². The number of ether oxygens (including phenoxy) is 2. The van der Waals surface area contributed by atoms with Crippen molar-refractivity contribution in [3.63, 3.8) is 0 Å². The second-order valence-electron chi connectivity index (χ2n) is 3.60. The maximum absolute atomic E-state index is 11.3. The summed E-state index contributed by atoms with van der Waals surface area (Å²) in [5.74, 6) is -0.814. The average molecular weight is 263 g/mol. The number of aliphatic hydroxyl groups is 2. The molecule has 18 heavy (non-hydrogen) atoms. The molecule has 0 aromatic heterocycles. The van der Waals surface area contributed by atoms with E-state index in [9.17, 15) is 9.59 Å². The summed E-state index contributed by atoms with van der Waals surface area (Å²) in [6.45, 7) is 2.54. The van der Waals surface area contributed by atoms with E-state index in [1.54, 1.807) is 4.90 Å². The van der Waals surface area contributed by atoms with Crippen LogP contribution in [0.1, 0.15) is 13.3 Å². The first-order chi connectivity index (χ1) is 8.60. The lowest BCUT2D eigenvalue weighted by atomic mass is 10.3. The molecule has 0 saturated carbocycles. The van der Waals surface area contributed by atoms with E-state index in [4.69, 9.17) is 14.9 Å². The van der Waals surface area contributed by atoms with Gasteiger partial charge in [0.2, 0.25) is 0 Å². The molecular weight excluding hydrogens is 242 g/mol. The number of nitrogens with zero attached hydrogens (tertiary/aromatic N) is 1. The molecule has 0 aromatic carbocycles. The molecule has 0 unspecified atom stereocenters. The van der Waals surface area contributed by atoms with Gasteiger partial charge in [0, 0.05) is 26.6 Å². The third-order valence-electron chi connectivity index (χ3n) is 2.12. The van der Waals surface area contributed by atoms with Gasteiger partial charge in [-0.15, -0.1) is 0 Å². The van der Waals surface area contributed by atoms with Gasteiger partial charge in [-0.1, -0.05) is 0 Å². The first kappa shape index (κ1) is 16.8. The number of rotatable bonds is 10. The molecule has 0 rings (SSSR count). The largest absolute Gasteiger partial charge is 0.462 e. The molecular formula is C11H21NO6. The highest BCUT2D eigenvalue weighted by atomic mass is 16.6. The molecule has 106 valence electrons. The Kier molecular flexibility index (Phi) is 10.2. The maximum Gasteiger partial charge on any atom is 0.307 e. The van der Waals surface area contributed by atoms with Gasteiger partial charge in [-0.3, -0.25) is 14.5 Å². The highest BCUT2D eigenvalue weighted by Crippen LogP contribution is 1.94. The van der Waals surface area contributed by atoms with Crippen molar-refractivity contribution in [3.8, 4) is 0 Å². The number of hydrogen-bond acceptors (Lipinski definition) is 7. The zero-order chi connectivity index (χ0) is 13.8. The van der Waals surface area contributed by atoms with Crippen molar-refractivity contribution in [2.45, 2.75) is 13.3 Å². The lowest BCUT2D eigenvalue weighted by molar-refractivity contribution is -0.151. The molecule has 0 bridgehead atoms. The van der Waals surface area contributed by atoms with Crippen LogP contribution in [0, 0.1) is 0 Å². The van der Waals surface area contributed by atoms with Gasteiger partial charge in [0.1, 0.15) is 13.2 Å². The molecule has 0 aromatic rings. The molecule has 0 aliphatic rings. The lowest BCUT2D eigenvalue weighted by Crippen LogP contribution is -2.32. The van der Waals surface area contributed by atoms with Crippen molar-refractivity contribution >= 4 is 11.9 Å². The van der Waals surface area contributed by atoms with Crippen LogP contribution < -0.4 is 0 Å². The minimum atomic E-state index is -0.414. The van der Waals surface area contributed by atoms with Crippen LogP contribution in [0.15, 0.2) is 0 Å². The van der Waals surface area contributed by atoms with Gasteiger partial charge in [0.15, 0.2) is 0 Å². The standard InChI is InChI=1S/C11H21NO6/c1-10(15)17-8-9-18-11(16)2-3-12(4-6-13)5-7-14/h13-14H,2-9H2,1H3. The summed E-state index contributed by atoms with van der Waals surface area (Å²) in [4.78, 5) is 23.5. The van der Waals surface area contributed by atoms with Crippen molar-refractivity contribution < 1.29 is 29.3 Å². The average Bonchev–Trinajstić information content (AvgIpc) is 2.32. The van der Waals surface area contributed by atoms with E-state index in [0.717, 1.165) is 0 Å². The predicted octanol–water partition coefficient (Wildman–Crippen LogP) is -1.23. The monoisotopic (exact) mass is 263 g/mol. The summed E-state index contributed by atoms with van der Waals surface area (Å²) in [5.41, 5.74) is 0. The van der Waals surface area contributed by atoms with Crippen LogP contribution in [-0.4, -0.2) is 73.1 Å². The van der Waals surface area contributed by atoms with Gasteiger partial charge in [-0.25, -0.2) is 0 Å². The van der Waals surface area contributed by atoms with Gasteiger partial charge in [-0.2, -0.15) is 0 Å². The minimum absolute atomic E-state index is 0.0263. The van der Waals surface area contributed by atoms with Crippen LogP contribution in [0.5, 0.6) is 0 Å². The summed E-state index contributed by atoms with van der Waals surface area (Å²) in [7, 11) is 0. The van der Waals surface area contributed by atoms with E-state index < -0.39 is 11.9 Å². The Morgan fingerprint density at radius 3 is 2.06 bits per heavy atom. The van der Waals surface area contributed by atoms with Crippen LogP contribution in [0.3, 0.4) is 0 Å². The second kappa shape index (κ2) is 10.9. The molecule has 0 heterocycles. The molecule has 0 saturated heterocycles. The molecule has 0 aliphatic carbocycles. The fraction of sp³-hybridized carbons (Fsp3) is 0.818. The molecule has 0 amide bonds. The third kappa shape index (κ3) is 10.0. The first-order valence-corrected chi connectivity index (χ1v) is 5.83. The van der Waals surface area contributed by atoms with Gasteiger partial charge in [0.05, 0.1) is 19.6 Å². The number of carbonyl (C=O) groups excluding carboxylic acids is 2. The smallest absolute Gasteiger partial charge is 0.307 e. The highest BCUT2D eigenvalue weighted by Gasteiger charge is 2.08. The van der Waals surface area contributed by atoms with Crippen molar-refractivity contribution in [1.29, 1.82) is 0 Å². The van der Waals surface area contributed by atoms with Crippen LogP contribution in [0.2, 0.25) is 0 Å². The van der Waals surface area contributed by atoms with Crippen molar-refractivity contribution in [1.82, 2.24) is 4.90 Å². The zero-order valence-corrected chi connectivity index (χ0v) is 10.6.